The third kappa shape index (κ3) is 2.36. The summed E-state index contributed by atoms with van der Waals surface area (Å²) in [5, 5.41) is 9.02. The lowest BCUT2D eigenvalue weighted by Gasteiger charge is -2.07. The lowest BCUT2D eigenvalue weighted by Crippen LogP contribution is -2.02. The van der Waals surface area contributed by atoms with Crippen LogP contribution in [0.4, 0.5) is 0 Å². The van der Waals surface area contributed by atoms with Crippen molar-refractivity contribution < 1.29 is 14.6 Å². The summed E-state index contributed by atoms with van der Waals surface area (Å²) in [7, 11) is 1.48. The fourth-order valence-corrected chi connectivity index (χ4v) is 1.29. The summed E-state index contributed by atoms with van der Waals surface area (Å²) in [6, 6.07) is 5.04. The normalized spacial score (nSPS) is 9.69. The number of halogens is 1. The first-order valence-electron chi connectivity index (χ1n) is 3.68. The molecule has 13 heavy (non-hydrogen) atoms. The Hall–Kier alpha value is -1.22. The molecule has 0 unspecified atom stereocenters. The van der Waals surface area contributed by atoms with Gasteiger partial charge >= 0.3 is 5.97 Å². The molecule has 0 bridgehead atoms. The van der Waals surface area contributed by atoms with Crippen LogP contribution in [0.3, 0.4) is 0 Å². The zero-order valence-corrected chi connectivity index (χ0v) is 7.84. The number of benzene rings is 1. The van der Waals surface area contributed by atoms with Crippen LogP contribution in [0.2, 0.25) is 5.02 Å². The Morgan fingerprint density at radius 3 is 2.85 bits per heavy atom. The molecule has 0 aliphatic rings. The van der Waals surface area contributed by atoms with E-state index in [4.69, 9.17) is 21.4 Å². The number of ether oxygens (including phenoxy) is 1. The van der Waals surface area contributed by atoms with Gasteiger partial charge in [0.2, 0.25) is 0 Å². The zero-order chi connectivity index (χ0) is 9.84. The Labute approximate surface area is 80.9 Å². The second kappa shape index (κ2) is 4.14. The van der Waals surface area contributed by atoms with Gasteiger partial charge in [-0.15, -0.1) is 0 Å². The number of rotatable bonds is 3. The molecule has 1 rings (SSSR count). The van der Waals surface area contributed by atoms with Crippen molar-refractivity contribution in [3.05, 3.63) is 28.8 Å². The minimum atomic E-state index is -0.925. The van der Waals surface area contributed by atoms with Crippen LogP contribution >= 0.6 is 11.6 Å². The van der Waals surface area contributed by atoms with Crippen molar-refractivity contribution in [2.45, 2.75) is 6.42 Å². The highest BCUT2D eigenvalue weighted by Gasteiger charge is 2.10. The molecule has 0 heterocycles. The lowest BCUT2D eigenvalue weighted by molar-refractivity contribution is -0.136. The molecular weight excluding hydrogens is 192 g/mol. The minimum Gasteiger partial charge on any atom is -0.496 e. The monoisotopic (exact) mass is 200 g/mol. The van der Waals surface area contributed by atoms with Crippen molar-refractivity contribution in [2.75, 3.05) is 7.11 Å². The maximum atomic E-state index is 10.5. The highest BCUT2D eigenvalue weighted by molar-refractivity contribution is 6.31. The molecule has 0 atom stereocenters. The van der Waals surface area contributed by atoms with Crippen molar-refractivity contribution in [3.63, 3.8) is 0 Å². The van der Waals surface area contributed by atoms with Gasteiger partial charge < -0.3 is 9.84 Å². The average molecular weight is 201 g/mol. The average Bonchev–Trinajstić information content (AvgIpc) is 2.08. The molecule has 1 aromatic carbocycles. The van der Waals surface area contributed by atoms with Gasteiger partial charge in [-0.3, -0.25) is 4.79 Å². The topological polar surface area (TPSA) is 46.5 Å². The standard InChI is InChI=1S/C9H9ClO3/c1-13-8-4-2-3-7(10)6(8)5-9(11)12/h2-4H,5H2,1H3,(H,11,12). The molecular formula is C9H9ClO3. The molecule has 0 saturated carbocycles. The van der Waals surface area contributed by atoms with Crippen LogP contribution in [0.25, 0.3) is 0 Å². The van der Waals surface area contributed by atoms with Gasteiger partial charge in [0, 0.05) is 10.6 Å². The number of carboxylic acid groups (broad SMARTS) is 1. The molecule has 0 aromatic heterocycles. The summed E-state index contributed by atoms with van der Waals surface area (Å²) in [4.78, 5) is 10.5. The van der Waals surface area contributed by atoms with Crippen LogP contribution < -0.4 is 4.74 Å². The summed E-state index contributed by atoms with van der Waals surface area (Å²) in [6.07, 6.45) is -0.122. The summed E-state index contributed by atoms with van der Waals surface area (Å²) in [5.74, 6) is -0.415. The molecule has 0 spiro atoms. The number of aliphatic carboxylic acids is 1. The first-order valence-corrected chi connectivity index (χ1v) is 4.06. The van der Waals surface area contributed by atoms with Crippen LogP contribution in [0.15, 0.2) is 18.2 Å². The molecule has 0 aliphatic carbocycles. The summed E-state index contributed by atoms with van der Waals surface area (Å²) in [6.45, 7) is 0. The van der Waals surface area contributed by atoms with Crippen molar-refractivity contribution in [2.24, 2.45) is 0 Å². The number of carboxylic acids is 1. The van der Waals surface area contributed by atoms with E-state index in [-0.39, 0.29) is 6.42 Å². The van der Waals surface area contributed by atoms with Crippen LogP contribution in [-0.4, -0.2) is 18.2 Å². The SMILES string of the molecule is COc1cccc(Cl)c1CC(=O)O. The zero-order valence-electron chi connectivity index (χ0n) is 7.08. The molecule has 0 saturated heterocycles. The number of carbonyl (C=O) groups is 1. The van der Waals surface area contributed by atoms with Gasteiger partial charge in [0.05, 0.1) is 13.5 Å². The van der Waals surface area contributed by atoms with E-state index in [9.17, 15) is 4.79 Å². The van der Waals surface area contributed by atoms with Crippen molar-refractivity contribution >= 4 is 17.6 Å². The number of hydrogen-bond acceptors (Lipinski definition) is 2. The number of hydrogen-bond donors (Lipinski definition) is 1. The van der Waals surface area contributed by atoms with Crippen LogP contribution in [-0.2, 0) is 11.2 Å². The summed E-state index contributed by atoms with van der Waals surface area (Å²) >= 11 is 5.81. The lowest BCUT2D eigenvalue weighted by atomic mass is 10.1. The van der Waals surface area contributed by atoms with E-state index in [1.807, 2.05) is 0 Å². The fourth-order valence-electron chi connectivity index (χ4n) is 1.05. The Morgan fingerprint density at radius 1 is 1.62 bits per heavy atom. The van der Waals surface area contributed by atoms with E-state index in [0.29, 0.717) is 16.3 Å². The van der Waals surface area contributed by atoms with Gasteiger partial charge in [-0.2, -0.15) is 0 Å². The van der Waals surface area contributed by atoms with E-state index in [2.05, 4.69) is 0 Å². The molecule has 4 heteroatoms. The Morgan fingerprint density at radius 2 is 2.31 bits per heavy atom. The van der Waals surface area contributed by atoms with E-state index >= 15 is 0 Å². The van der Waals surface area contributed by atoms with E-state index in [1.54, 1.807) is 18.2 Å². The predicted molar refractivity (Wildman–Crippen MR) is 49.3 cm³/mol. The Kier molecular flexibility index (Phi) is 3.14. The van der Waals surface area contributed by atoms with Gasteiger partial charge in [-0.25, -0.2) is 0 Å². The predicted octanol–water partition coefficient (Wildman–Crippen LogP) is 1.98. The fraction of sp³-hybridized carbons (Fsp3) is 0.222. The largest absolute Gasteiger partial charge is 0.496 e. The second-order valence-corrected chi connectivity index (χ2v) is 2.90. The molecule has 0 aliphatic heterocycles. The van der Waals surface area contributed by atoms with Crippen LogP contribution in [0.1, 0.15) is 5.56 Å². The maximum absolute atomic E-state index is 10.5. The molecule has 3 nitrogen and oxygen atoms in total. The second-order valence-electron chi connectivity index (χ2n) is 2.49. The van der Waals surface area contributed by atoms with Crippen molar-refractivity contribution in [1.82, 2.24) is 0 Å². The molecule has 1 aromatic rings. The molecule has 0 radical (unpaired) electrons. The van der Waals surface area contributed by atoms with Gasteiger partial charge in [-0.05, 0) is 12.1 Å². The number of methoxy groups -OCH3 is 1. The molecule has 0 fully saturated rings. The third-order valence-electron chi connectivity index (χ3n) is 1.62. The van der Waals surface area contributed by atoms with E-state index < -0.39 is 5.97 Å². The van der Waals surface area contributed by atoms with Crippen molar-refractivity contribution in [3.8, 4) is 5.75 Å². The Balaban J connectivity index is 3.07. The van der Waals surface area contributed by atoms with Gasteiger partial charge in [0.1, 0.15) is 5.75 Å². The summed E-state index contributed by atoms with van der Waals surface area (Å²) in [5.41, 5.74) is 0.513. The van der Waals surface area contributed by atoms with Gasteiger partial charge in [0.25, 0.3) is 0 Å². The maximum Gasteiger partial charge on any atom is 0.308 e. The minimum absolute atomic E-state index is 0.122. The highest BCUT2D eigenvalue weighted by atomic mass is 35.5. The third-order valence-corrected chi connectivity index (χ3v) is 1.98. The first kappa shape index (κ1) is 9.86. The van der Waals surface area contributed by atoms with Crippen LogP contribution in [0, 0.1) is 0 Å². The van der Waals surface area contributed by atoms with E-state index in [1.165, 1.54) is 7.11 Å². The Bertz CT molecular complexity index is 323. The molecule has 1 N–H and O–H groups in total. The highest BCUT2D eigenvalue weighted by Crippen LogP contribution is 2.26. The van der Waals surface area contributed by atoms with Gasteiger partial charge in [0.15, 0.2) is 0 Å². The van der Waals surface area contributed by atoms with Crippen molar-refractivity contribution in [1.29, 1.82) is 0 Å². The molecule has 0 amide bonds. The van der Waals surface area contributed by atoms with E-state index in [0.717, 1.165) is 0 Å². The molecule has 70 valence electrons. The smallest absolute Gasteiger partial charge is 0.308 e. The summed E-state index contributed by atoms with van der Waals surface area (Å²) < 4.78 is 4.98. The first-order chi connectivity index (χ1) is 6.15. The van der Waals surface area contributed by atoms with Crippen LogP contribution in [0.5, 0.6) is 5.75 Å². The van der Waals surface area contributed by atoms with Gasteiger partial charge in [-0.1, -0.05) is 17.7 Å². The quantitative estimate of drug-likeness (QED) is 0.812.